The summed E-state index contributed by atoms with van der Waals surface area (Å²) >= 11 is 0. The number of nitrogens with zero attached hydrogens (tertiary/aromatic N) is 1. The largest absolute Gasteiger partial charge is 0.440 e. The minimum Gasteiger partial charge on any atom is -0.440 e. The molecule has 2 aromatic carbocycles. The minimum absolute atomic E-state index is 0.519. The van der Waals surface area contributed by atoms with Crippen molar-refractivity contribution in [2.75, 3.05) is 0 Å². The molecule has 2 N–H and O–H groups in total. The van der Waals surface area contributed by atoms with Crippen LogP contribution in [0.2, 0.25) is 0 Å². The zero-order valence-corrected chi connectivity index (χ0v) is 9.97. The monoisotopic (exact) mass is 238 g/mol. The third kappa shape index (κ3) is 2.13. The molecule has 1 aromatic heterocycles. The van der Waals surface area contributed by atoms with E-state index in [1.54, 1.807) is 0 Å². The molecule has 0 unspecified atom stereocenters. The summed E-state index contributed by atoms with van der Waals surface area (Å²) in [6, 6.07) is 16.1. The van der Waals surface area contributed by atoms with Gasteiger partial charge in [0.25, 0.3) is 0 Å². The van der Waals surface area contributed by atoms with Crippen LogP contribution in [-0.4, -0.2) is 4.98 Å². The molecule has 0 spiro atoms. The van der Waals surface area contributed by atoms with Crippen molar-refractivity contribution in [3.05, 3.63) is 65.5 Å². The summed E-state index contributed by atoms with van der Waals surface area (Å²) in [6.45, 7) is 0.519. The van der Waals surface area contributed by atoms with E-state index in [0.29, 0.717) is 13.0 Å². The van der Waals surface area contributed by atoms with Crippen molar-refractivity contribution in [2.45, 2.75) is 13.0 Å². The van der Waals surface area contributed by atoms with Gasteiger partial charge in [0.2, 0.25) is 0 Å². The fourth-order valence-corrected chi connectivity index (χ4v) is 1.99. The fraction of sp³-hybridized carbons (Fsp3) is 0.133. The van der Waals surface area contributed by atoms with E-state index in [2.05, 4.69) is 17.1 Å². The maximum atomic E-state index is 5.75. The number of nitrogens with two attached hydrogens (primary N) is 1. The number of rotatable bonds is 3. The van der Waals surface area contributed by atoms with Crippen molar-refractivity contribution >= 4 is 11.1 Å². The van der Waals surface area contributed by atoms with Crippen molar-refractivity contribution in [2.24, 2.45) is 5.73 Å². The lowest BCUT2D eigenvalue weighted by Gasteiger charge is -1.95. The summed E-state index contributed by atoms with van der Waals surface area (Å²) in [4.78, 5) is 4.48. The molecular formula is C15H14N2O. The van der Waals surface area contributed by atoms with Crippen LogP contribution in [0.4, 0.5) is 0 Å². The number of hydrogen-bond donors (Lipinski definition) is 1. The Morgan fingerprint density at radius 3 is 2.61 bits per heavy atom. The standard InChI is InChI=1S/C15H14N2O/c16-10-12-6-7-13-14(8-12)18-15(17-13)9-11-4-2-1-3-5-11/h1-8H,9-10,16H2. The van der Waals surface area contributed by atoms with Crippen molar-refractivity contribution in [1.29, 1.82) is 0 Å². The van der Waals surface area contributed by atoms with Crippen LogP contribution in [0.25, 0.3) is 11.1 Å². The predicted octanol–water partition coefficient (Wildman–Crippen LogP) is 2.88. The highest BCUT2D eigenvalue weighted by atomic mass is 16.3. The van der Waals surface area contributed by atoms with Gasteiger partial charge < -0.3 is 10.2 Å². The molecule has 0 fully saturated rings. The van der Waals surface area contributed by atoms with Gasteiger partial charge in [0, 0.05) is 13.0 Å². The lowest BCUT2D eigenvalue weighted by atomic mass is 10.1. The molecule has 0 saturated heterocycles. The van der Waals surface area contributed by atoms with Crippen molar-refractivity contribution in [1.82, 2.24) is 4.98 Å². The molecule has 0 aliphatic carbocycles. The van der Waals surface area contributed by atoms with Gasteiger partial charge in [-0.2, -0.15) is 0 Å². The summed E-state index contributed by atoms with van der Waals surface area (Å²) in [5.41, 5.74) is 9.56. The summed E-state index contributed by atoms with van der Waals surface area (Å²) in [5.74, 6) is 0.741. The van der Waals surface area contributed by atoms with Crippen molar-refractivity contribution < 1.29 is 4.42 Å². The number of fused-ring (bicyclic) bond motifs is 1. The second-order valence-electron chi connectivity index (χ2n) is 4.28. The zero-order valence-electron chi connectivity index (χ0n) is 9.97. The Balaban J connectivity index is 1.94. The van der Waals surface area contributed by atoms with E-state index in [0.717, 1.165) is 22.6 Å². The Hall–Kier alpha value is -2.13. The van der Waals surface area contributed by atoms with E-state index < -0.39 is 0 Å². The fourth-order valence-electron chi connectivity index (χ4n) is 1.99. The SMILES string of the molecule is NCc1ccc2nc(Cc3ccccc3)oc2c1. The van der Waals surface area contributed by atoms with Crippen molar-refractivity contribution in [3.8, 4) is 0 Å². The maximum absolute atomic E-state index is 5.75. The molecule has 3 rings (SSSR count). The van der Waals surface area contributed by atoms with Gasteiger partial charge in [0.1, 0.15) is 5.52 Å². The number of aromatic nitrogens is 1. The Morgan fingerprint density at radius 2 is 1.83 bits per heavy atom. The highest BCUT2D eigenvalue weighted by molar-refractivity contribution is 5.73. The van der Waals surface area contributed by atoms with E-state index in [1.807, 2.05) is 36.4 Å². The molecular weight excluding hydrogens is 224 g/mol. The van der Waals surface area contributed by atoms with Crippen LogP contribution in [0.15, 0.2) is 52.9 Å². The molecule has 3 nitrogen and oxygen atoms in total. The van der Waals surface area contributed by atoms with Gasteiger partial charge in [-0.1, -0.05) is 36.4 Å². The first-order valence-electron chi connectivity index (χ1n) is 5.97. The molecule has 18 heavy (non-hydrogen) atoms. The molecule has 0 radical (unpaired) electrons. The second-order valence-corrected chi connectivity index (χ2v) is 4.28. The Kier molecular flexibility index (Phi) is 2.82. The minimum atomic E-state index is 0.519. The molecule has 0 saturated carbocycles. The van der Waals surface area contributed by atoms with Crippen LogP contribution in [0.3, 0.4) is 0 Å². The average molecular weight is 238 g/mol. The van der Waals surface area contributed by atoms with E-state index in [4.69, 9.17) is 10.2 Å². The summed E-state index contributed by atoms with van der Waals surface area (Å²) in [6.07, 6.45) is 0.716. The second kappa shape index (κ2) is 4.63. The van der Waals surface area contributed by atoms with E-state index in [9.17, 15) is 0 Å². The molecule has 0 amide bonds. The van der Waals surface area contributed by atoms with Gasteiger partial charge in [-0.05, 0) is 23.3 Å². The van der Waals surface area contributed by atoms with Crippen LogP contribution in [0, 0.1) is 0 Å². The normalized spacial score (nSPS) is 10.9. The van der Waals surface area contributed by atoms with Gasteiger partial charge >= 0.3 is 0 Å². The highest BCUT2D eigenvalue weighted by Crippen LogP contribution is 2.19. The van der Waals surface area contributed by atoms with Gasteiger partial charge in [0.05, 0.1) is 0 Å². The quantitative estimate of drug-likeness (QED) is 0.763. The van der Waals surface area contributed by atoms with Crippen molar-refractivity contribution in [3.63, 3.8) is 0 Å². The highest BCUT2D eigenvalue weighted by Gasteiger charge is 2.06. The molecule has 0 aliphatic heterocycles. The number of oxazole rings is 1. The molecule has 90 valence electrons. The van der Waals surface area contributed by atoms with Crippen LogP contribution in [0.1, 0.15) is 17.0 Å². The Morgan fingerprint density at radius 1 is 1.00 bits per heavy atom. The lowest BCUT2D eigenvalue weighted by molar-refractivity contribution is 0.544. The van der Waals surface area contributed by atoms with Gasteiger partial charge in [-0.15, -0.1) is 0 Å². The molecule has 1 heterocycles. The third-order valence-corrected chi connectivity index (χ3v) is 2.93. The van der Waals surface area contributed by atoms with Gasteiger partial charge in [-0.25, -0.2) is 4.98 Å². The first kappa shape index (κ1) is 11.0. The van der Waals surface area contributed by atoms with Gasteiger partial charge in [-0.3, -0.25) is 0 Å². The Labute approximate surface area is 105 Å². The predicted molar refractivity (Wildman–Crippen MR) is 71.1 cm³/mol. The first-order chi connectivity index (χ1) is 8.85. The molecule has 0 bridgehead atoms. The van der Waals surface area contributed by atoms with E-state index in [1.165, 1.54) is 5.56 Å². The van der Waals surface area contributed by atoms with Crippen LogP contribution < -0.4 is 5.73 Å². The third-order valence-electron chi connectivity index (χ3n) is 2.93. The van der Waals surface area contributed by atoms with Crippen LogP contribution in [-0.2, 0) is 13.0 Å². The number of benzene rings is 2. The molecule has 0 aliphatic rings. The van der Waals surface area contributed by atoms with Gasteiger partial charge in [0.15, 0.2) is 11.5 Å². The molecule has 3 aromatic rings. The van der Waals surface area contributed by atoms with E-state index in [-0.39, 0.29) is 0 Å². The Bertz CT molecular complexity index is 659. The smallest absolute Gasteiger partial charge is 0.199 e. The average Bonchev–Trinajstić information content (AvgIpc) is 2.80. The van der Waals surface area contributed by atoms with Crippen LogP contribution >= 0.6 is 0 Å². The summed E-state index contributed by atoms with van der Waals surface area (Å²) in [5, 5.41) is 0. The molecule has 0 atom stereocenters. The maximum Gasteiger partial charge on any atom is 0.199 e. The van der Waals surface area contributed by atoms with Crippen LogP contribution in [0.5, 0.6) is 0 Å². The topological polar surface area (TPSA) is 52.0 Å². The molecule has 3 heteroatoms. The summed E-state index contributed by atoms with van der Waals surface area (Å²) < 4.78 is 5.75. The first-order valence-corrected chi connectivity index (χ1v) is 5.97. The lowest BCUT2D eigenvalue weighted by Crippen LogP contribution is -1.94. The van der Waals surface area contributed by atoms with E-state index >= 15 is 0 Å². The summed E-state index contributed by atoms with van der Waals surface area (Å²) in [7, 11) is 0. The number of hydrogen-bond acceptors (Lipinski definition) is 3. The zero-order chi connectivity index (χ0) is 12.4.